The van der Waals surface area contributed by atoms with Crippen molar-refractivity contribution in [3.63, 3.8) is 0 Å². The summed E-state index contributed by atoms with van der Waals surface area (Å²) in [4.78, 5) is 0. The van der Waals surface area contributed by atoms with Gasteiger partial charge in [-0.05, 0) is 25.7 Å². The van der Waals surface area contributed by atoms with Gasteiger partial charge in [0, 0.05) is 0 Å². The molecule has 0 aromatic carbocycles. The van der Waals surface area contributed by atoms with E-state index in [9.17, 15) is 0 Å². The minimum Gasteiger partial charge on any atom is -0.324 e. The van der Waals surface area contributed by atoms with E-state index in [1.54, 1.807) is 0 Å². The second-order valence-corrected chi connectivity index (χ2v) is 5.30. The lowest BCUT2D eigenvalue weighted by Crippen LogP contribution is -2.50. The lowest BCUT2D eigenvalue weighted by molar-refractivity contribution is -0.928. The highest BCUT2D eigenvalue weighted by Crippen LogP contribution is 2.15. The first-order valence-electron chi connectivity index (χ1n) is 8.59. The Labute approximate surface area is 118 Å². The van der Waals surface area contributed by atoms with Crippen LogP contribution in [0.2, 0.25) is 0 Å². The molecule has 0 atom stereocenters. The zero-order valence-electron chi connectivity index (χ0n) is 14.2. The van der Waals surface area contributed by atoms with Crippen LogP contribution in [0.4, 0.5) is 0 Å². The van der Waals surface area contributed by atoms with E-state index in [-0.39, 0.29) is 0 Å². The van der Waals surface area contributed by atoms with Crippen molar-refractivity contribution in [2.45, 2.75) is 86.5 Å². The monoisotopic (exact) mass is 258 g/mol. The van der Waals surface area contributed by atoms with E-state index >= 15 is 0 Å². The van der Waals surface area contributed by atoms with Gasteiger partial charge in [-0.15, -0.1) is 0 Å². The van der Waals surface area contributed by atoms with E-state index in [1.165, 1.54) is 75.6 Å². The molecule has 0 N–H and O–H groups in total. The number of unbranched alkanes of at least 4 members (excludes halogenated alkanes) is 3. The van der Waals surface area contributed by atoms with Crippen LogP contribution >= 0.6 is 0 Å². The first-order valence-corrected chi connectivity index (χ1v) is 8.59. The Morgan fingerprint density at radius 3 is 1.06 bits per heavy atom. The first-order chi connectivity index (χ1) is 8.74. The molecular formula is C17H40N+. The van der Waals surface area contributed by atoms with Crippen molar-refractivity contribution >= 4 is 0 Å². The highest BCUT2D eigenvalue weighted by molar-refractivity contribution is 4.48. The van der Waals surface area contributed by atoms with Crippen molar-refractivity contribution in [2.75, 3.05) is 26.2 Å². The topological polar surface area (TPSA) is 0 Å². The normalized spacial score (nSPS) is 11.0. The van der Waals surface area contributed by atoms with Gasteiger partial charge in [-0.25, -0.2) is 0 Å². The predicted octanol–water partition coefficient (Wildman–Crippen LogP) is 5.64. The highest BCUT2D eigenvalue weighted by atomic mass is 15.3. The van der Waals surface area contributed by atoms with Gasteiger partial charge in [0.05, 0.1) is 26.2 Å². The number of rotatable bonds is 11. The van der Waals surface area contributed by atoms with Gasteiger partial charge >= 0.3 is 0 Å². The molecule has 0 bridgehead atoms. The van der Waals surface area contributed by atoms with Crippen LogP contribution in [0, 0.1) is 0 Å². The van der Waals surface area contributed by atoms with Crippen molar-refractivity contribution < 1.29 is 4.48 Å². The molecule has 0 aliphatic rings. The first kappa shape index (κ1) is 20.3. The average molecular weight is 259 g/mol. The van der Waals surface area contributed by atoms with Crippen molar-refractivity contribution in [3.05, 3.63) is 0 Å². The lowest BCUT2D eigenvalue weighted by Gasteiger charge is -2.39. The molecule has 0 aromatic heterocycles. The van der Waals surface area contributed by atoms with Gasteiger partial charge in [-0.1, -0.05) is 60.8 Å². The van der Waals surface area contributed by atoms with Gasteiger partial charge in [-0.2, -0.15) is 0 Å². The summed E-state index contributed by atoms with van der Waals surface area (Å²) < 4.78 is 1.41. The number of hydrogen-bond acceptors (Lipinski definition) is 0. The third kappa shape index (κ3) is 9.94. The van der Waals surface area contributed by atoms with Crippen molar-refractivity contribution in [2.24, 2.45) is 0 Å². The van der Waals surface area contributed by atoms with Gasteiger partial charge in [0.15, 0.2) is 0 Å². The lowest BCUT2D eigenvalue weighted by atomic mass is 10.1. The van der Waals surface area contributed by atoms with Crippen LogP contribution in [0.5, 0.6) is 0 Å². The van der Waals surface area contributed by atoms with Gasteiger partial charge < -0.3 is 4.48 Å². The number of nitrogens with zero attached hydrogens (tertiary/aromatic N) is 1. The van der Waals surface area contributed by atoms with E-state index in [0.717, 1.165) is 0 Å². The van der Waals surface area contributed by atoms with Crippen LogP contribution in [0.3, 0.4) is 0 Å². The third-order valence-electron chi connectivity index (χ3n) is 3.66. The van der Waals surface area contributed by atoms with Crippen molar-refractivity contribution in [1.29, 1.82) is 0 Å². The minimum absolute atomic E-state index is 1.34. The van der Waals surface area contributed by atoms with Crippen LogP contribution in [0.15, 0.2) is 0 Å². The van der Waals surface area contributed by atoms with E-state index in [1.807, 2.05) is 13.8 Å². The molecule has 0 rings (SSSR count). The van der Waals surface area contributed by atoms with Crippen LogP contribution in [0.25, 0.3) is 0 Å². The maximum atomic E-state index is 2.34. The molecule has 112 valence electrons. The molecule has 0 saturated heterocycles. The molecule has 0 fully saturated rings. The molecule has 1 heteroatoms. The zero-order chi connectivity index (χ0) is 14.3. The fourth-order valence-electron chi connectivity index (χ4n) is 2.63. The standard InChI is InChI=1S/C15H34N.C2H6/c1-5-9-13-16(12-8-4,14-10-6-2)15-11-7-3;1-2/h5-15H2,1-4H3;1-2H3/q+1;. The predicted molar refractivity (Wildman–Crippen MR) is 86.1 cm³/mol. The summed E-state index contributed by atoms with van der Waals surface area (Å²) >= 11 is 0. The molecule has 0 aliphatic heterocycles. The summed E-state index contributed by atoms with van der Waals surface area (Å²) in [5.74, 6) is 0. The molecule has 0 aliphatic carbocycles. The van der Waals surface area contributed by atoms with Crippen molar-refractivity contribution in [3.8, 4) is 0 Å². The molecule has 0 heterocycles. The average Bonchev–Trinajstić information content (AvgIpc) is 2.43. The Balaban J connectivity index is 0. The molecule has 0 radical (unpaired) electrons. The summed E-state index contributed by atoms with van der Waals surface area (Å²) in [6.07, 6.45) is 9.62. The Kier molecular flexibility index (Phi) is 16.9. The SMILES string of the molecule is CC.CCCC[N+](CCC)(CCCC)CCCC. The Morgan fingerprint density at radius 2 is 0.833 bits per heavy atom. The van der Waals surface area contributed by atoms with Crippen LogP contribution in [-0.4, -0.2) is 30.7 Å². The summed E-state index contributed by atoms with van der Waals surface area (Å²) in [6, 6.07) is 0. The molecule has 0 saturated carbocycles. The van der Waals surface area contributed by atoms with Crippen LogP contribution in [-0.2, 0) is 0 Å². The summed E-state index contributed by atoms with van der Waals surface area (Å²) in [7, 11) is 0. The van der Waals surface area contributed by atoms with Crippen molar-refractivity contribution in [1.82, 2.24) is 0 Å². The molecule has 0 amide bonds. The maximum absolute atomic E-state index is 2.34. The van der Waals surface area contributed by atoms with E-state index in [4.69, 9.17) is 0 Å². The van der Waals surface area contributed by atoms with Gasteiger partial charge in [0.1, 0.15) is 0 Å². The fourth-order valence-corrected chi connectivity index (χ4v) is 2.63. The second-order valence-electron chi connectivity index (χ2n) is 5.30. The van der Waals surface area contributed by atoms with Crippen LogP contribution in [0.1, 0.15) is 86.5 Å². The number of quaternary nitrogens is 1. The molecule has 1 nitrogen and oxygen atoms in total. The quantitative estimate of drug-likeness (QED) is 0.421. The molecule has 0 aromatic rings. The third-order valence-corrected chi connectivity index (χ3v) is 3.66. The van der Waals surface area contributed by atoms with E-state index < -0.39 is 0 Å². The number of hydrogen-bond donors (Lipinski definition) is 0. The second kappa shape index (κ2) is 15.0. The zero-order valence-corrected chi connectivity index (χ0v) is 14.2. The summed E-state index contributed by atoms with van der Waals surface area (Å²) in [5.41, 5.74) is 0. The summed E-state index contributed by atoms with van der Waals surface area (Å²) in [6.45, 7) is 19.0. The maximum Gasteiger partial charge on any atom is 0.0786 e. The molecule has 18 heavy (non-hydrogen) atoms. The van der Waals surface area contributed by atoms with Crippen LogP contribution < -0.4 is 0 Å². The van der Waals surface area contributed by atoms with E-state index in [2.05, 4.69) is 27.7 Å². The Bertz CT molecular complexity index is 121. The highest BCUT2D eigenvalue weighted by Gasteiger charge is 2.24. The molecule has 0 spiro atoms. The molecular weight excluding hydrogens is 218 g/mol. The Hall–Kier alpha value is -0.0400. The fraction of sp³-hybridized carbons (Fsp3) is 1.00. The summed E-state index contributed by atoms with van der Waals surface area (Å²) in [5, 5.41) is 0. The smallest absolute Gasteiger partial charge is 0.0786 e. The minimum atomic E-state index is 1.34. The molecule has 0 unspecified atom stereocenters. The largest absolute Gasteiger partial charge is 0.324 e. The van der Waals surface area contributed by atoms with E-state index in [0.29, 0.717) is 0 Å². The van der Waals surface area contributed by atoms with Gasteiger partial charge in [0.25, 0.3) is 0 Å². The van der Waals surface area contributed by atoms with Gasteiger partial charge in [0.2, 0.25) is 0 Å². The Morgan fingerprint density at radius 1 is 0.500 bits per heavy atom. The van der Waals surface area contributed by atoms with Gasteiger partial charge in [-0.3, -0.25) is 0 Å².